The molecule has 2 atom stereocenters. The first-order valence-electron chi connectivity index (χ1n) is 11.4. The Labute approximate surface area is 210 Å². The van der Waals surface area contributed by atoms with Gasteiger partial charge in [-0.25, -0.2) is 14.4 Å². The highest BCUT2D eigenvalue weighted by atomic mass is 16.7. The first kappa shape index (κ1) is 30.5. The van der Waals surface area contributed by atoms with Crippen molar-refractivity contribution in [2.45, 2.75) is 60.1 Å². The highest BCUT2D eigenvalue weighted by molar-refractivity contribution is 5.76. The Kier molecular flexibility index (Phi) is 12.5. The Morgan fingerprint density at radius 1 is 0.861 bits per heavy atom. The van der Waals surface area contributed by atoms with Crippen LogP contribution in [0.15, 0.2) is 18.2 Å². The number of rotatable bonds is 11. The van der Waals surface area contributed by atoms with E-state index >= 15 is 0 Å². The van der Waals surface area contributed by atoms with Gasteiger partial charge in [-0.15, -0.1) is 0 Å². The van der Waals surface area contributed by atoms with Crippen LogP contribution in [0.1, 0.15) is 47.1 Å². The lowest BCUT2D eigenvalue weighted by molar-refractivity contribution is -0.152. The van der Waals surface area contributed by atoms with Gasteiger partial charge in [0.1, 0.15) is 18.8 Å². The third-order valence-corrected chi connectivity index (χ3v) is 4.05. The highest BCUT2D eigenvalue weighted by Crippen LogP contribution is 2.30. The summed E-state index contributed by atoms with van der Waals surface area (Å²) in [6, 6.07) is 3.17. The van der Waals surface area contributed by atoms with E-state index in [9.17, 15) is 19.2 Å². The molecule has 1 rings (SSSR count). The van der Waals surface area contributed by atoms with Gasteiger partial charge < -0.3 is 38.9 Å². The molecule has 0 aliphatic rings. The fraction of sp³-hybridized carbons (Fsp3) is 0.583. The Morgan fingerprint density at radius 3 is 2.00 bits per heavy atom. The van der Waals surface area contributed by atoms with E-state index in [0.29, 0.717) is 5.56 Å². The average molecular weight is 514 g/mol. The Hall–Kier alpha value is -3.54. The molecule has 2 N–H and O–H groups in total. The molecule has 0 saturated heterocycles. The molecule has 0 aromatic heterocycles. The monoisotopic (exact) mass is 513 g/mol. The SMILES string of the molecule is CCOC(=O)Oc1ccc(C[C@H](N)C(=O)O[C@@H](C)COC(=O)OCC(C)(C)C)cc1OC(=O)OCC. The van der Waals surface area contributed by atoms with E-state index in [1.54, 1.807) is 13.8 Å². The molecule has 0 aliphatic heterocycles. The second-order valence-electron chi connectivity index (χ2n) is 8.82. The first-order chi connectivity index (χ1) is 16.8. The van der Waals surface area contributed by atoms with Crippen LogP contribution in [0.2, 0.25) is 0 Å². The fourth-order valence-corrected chi connectivity index (χ4v) is 2.48. The normalized spacial score (nSPS) is 12.5. The zero-order chi connectivity index (χ0) is 27.3. The molecule has 0 aliphatic carbocycles. The van der Waals surface area contributed by atoms with Crippen LogP contribution >= 0.6 is 0 Å². The van der Waals surface area contributed by atoms with Crippen LogP contribution in [0.4, 0.5) is 14.4 Å². The van der Waals surface area contributed by atoms with E-state index in [1.807, 2.05) is 20.8 Å². The molecule has 0 saturated carbocycles. The van der Waals surface area contributed by atoms with Crippen LogP contribution < -0.4 is 15.2 Å². The number of carbonyl (C=O) groups is 4. The molecule has 1 aromatic rings. The third-order valence-electron chi connectivity index (χ3n) is 4.05. The van der Waals surface area contributed by atoms with Crippen LogP contribution in [0.25, 0.3) is 0 Å². The van der Waals surface area contributed by atoms with Crippen molar-refractivity contribution in [1.29, 1.82) is 0 Å². The minimum atomic E-state index is -1.09. The van der Waals surface area contributed by atoms with Gasteiger partial charge >= 0.3 is 24.4 Å². The molecule has 1 aromatic carbocycles. The van der Waals surface area contributed by atoms with Crippen molar-refractivity contribution in [2.75, 3.05) is 26.4 Å². The Morgan fingerprint density at radius 2 is 1.44 bits per heavy atom. The highest BCUT2D eigenvalue weighted by Gasteiger charge is 2.22. The van der Waals surface area contributed by atoms with Gasteiger partial charge in [0, 0.05) is 0 Å². The average Bonchev–Trinajstić information content (AvgIpc) is 2.77. The van der Waals surface area contributed by atoms with Gasteiger partial charge in [-0.2, -0.15) is 0 Å². The van der Waals surface area contributed by atoms with Gasteiger partial charge in [0.15, 0.2) is 11.5 Å². The second kappa shape index (κ2) is 14.8. The fourth-order valence-electron chi connectivity index (χ4n) is 2.48. The zero-order valence-electron chi connectivity index (χ0n) is 21.5. The van der Waals surface area contributed by atoms with Crippen molar-refractivity contribution < 1.29 is 52.3 Å². The van der Waals surface area contributed by atoms with Crippen molar-refractivity contribution in [2.24, 2.45) is 11.1 Å². The topological polar surface area (TPSA) is 159 Å². The predicted octanol–water partition coefficient (Wildman–Crippen LogP) is 3.76. The van der Waals surface area contributed by atoms with Crippen molar-refractivity contribution in [3.8, 4) is 11.5 Å². The van der Waals surface area contributed by atoms with Gasteiger partial charge in [0.25, 0.3) is 0 Å². The molecule has 0 spiro atoms. The molecular formula is C24H35NO11. The molecular weight excluding hydrogens is 478 g/mol. The molecule has 0 amide bonds. The van der Waals surface area contributed by atoms with Gasteiger partial charge in [0.2, 0.25) is 0 Å². The number of nitrogens with two attached hydrogens (primary N) is 1. The van der Waals surface area contributed by atoms with Gasteiger partial charge in [0.05, 0.1) is 19.8 Å². The summed E-state index contributed by atoms with van der Waals surface area (Å²) >= 11 is 0. The summed E-state index contributed by atoms with van der Waals surface area (Å²) in [6.45, 7) is 10.6. The quantitative estimate of drug-likeness (QED) is 0.260. The largest absolute Gasteiger partial charge is 0.513 e. The number of esters is 1. The summed E-state index contributed by atoms with van der Waals surface area (Å²) in [4.78, 5) is 47.5. The van der Waals surface area contributed by atoms with E-state index in [0.717, 1.165) is 0 Å². The first-order valence-corrected chi connectivity index (χ1v) is 11.4. The van der Waals surface area contributed by atoms with E-state index < -0.39 is 36.6 Å². The smallest absolute Gasteiger partial charge is 0.458 e. The Bertz CT molecular complexity index is 895. The minimum Gasteiger partial charge on any atom is -0.458 e. The predicted molar refractivity (Wildman–Crippen MR) is 126 cm³/mol. The summed E-state index contributed by atoms with van der Waals surface area (Å²) in [5.74, 6) is -0.963. The minimum absolute atomic E-state index is 0.00108. The summed E-state index contributed by atoms with van der Waals surface area (Å²) in [5, 5.41) is 0. The van der Waals surface area contributed by atoms with Crippen molar-refractivity contribution in [3.05, 3.63) is 23.8 Å². The molecule has 12 heteroatoms. The summed E-state index contributed by atoms with van der Waals surface area (Å²) in [5.41, 5.74) is 6.22. The zero-order valence-corrected chi connectivity index (χ0v) is 21.5. The lowest BCUT2D eigenvalue weighted by Crippen LogP contribution is -2.37. The maximum absolute atomic E-state index is 12.4. The number of benzene rings is 1. The number of carbonyl (C=O) groups excluding carboxylic acids is 4. The number of hydrogen-bond acceptors (Lipinski definition) is 12. The van der Waals surface area contributed by atoms with Crippen LogP contribution in [0.3, 0.4) is 0 Å². The van der Waals surface area contributed by atoms with Crippen LogP contribution in [-0.2, 0) is 34.9 Å². The molecule has 0 unspecified atom stereocenters. The van der Waals surface area contributed by atoms with E-state index in [4.69, 9.17) is 38.9 Å². The molecule has 0 radical (unpaired) electrons. The Balaban J connectivity index is 2.74. The molecule has 0 fully saturated rings. The number of hydrogen-bond donors (Lipinski definition) is 1. The summed E-state index contributed by atoms with van der Waals surface area (Å²) < 4.78 is 34.8. The van der Waals surface area contributed by atoms with Crippen molar-refractivity contribution in [1.82, 2.24) is 0 Å². The van der Waals surface area contributed by atoms with Gasteiger partial charge in [-0.3, -0.25) is 4.79 Å². The molecule has 0 bridgehead atoms. The number of ether oxygens (including phenoxy) is 7. The van der Waals surface area contributed by atoms with E-state index in [-0.39, 0.29) is 49.8 Å². The van der Waals surface area contributed by atoms with Gasteiger partial charge in [-0.05, 0) is 50.3 Å². The van der Waals surface area contributed by atoms with E-state index in [2.05, 4.69) is 0 Å². The lowest BCUT2D eigenvalue weighted by atomic mass is 9.99. The molecule has 0 heterocycles. The molecule has 202 valence electrons. The third kappa shape index (κ3) is 12.2. The maximum atomic E-state index is 12.4. The van der Waals surface area contributed by atoms with E-state index in [1.165, 1.54) is 25.1 Å². The molecule has 36 heavy (non-hydrogen) atoms. The van der Waals surface area contributed by atoms with Crippen molar-refractivity contribution >= 4 is 24.4 Å². The van der Waals surface area contributed by atoms with Crippen LogP contribution in [0.5, 0.6) is 11.5 Å². The van der Waals surface area contributed by atoms with Crippen LogP contribution in [-0.4, -0.2) is 63.0 Å². The maximum Gasteiger partial charge on any atom is 0.513 e. The lowest BCUT2D eigenvalue weighted by Gasteiger charge is -2.19. The summed E-state index contributed by atoms with van der Waals surface area (Å²) in [7, 11) is 0. The summed E-state index contributed by atoms with van der Waals surface area (Å²) in [6.07, 6.45) is -3.64. The van der Waals surface area contributed by atoms with Crippen molar-refractivity contribution in [3.63, 3.8) is 0 Å². The van der Waals surface area contributed by atoms with Gasteiger partial charge in [-0.1, -0.05) is 26.8 Å². The standard InChI is InChI=1S/C24H35NO11/c1-7-30-22(28)35-18-10-9-16(12-19(18)36-23(29)31-8-2)11-17(25)20(26)34-15(3)13-32-21(27)33-14-24(4,5)6/h9-10,12,15,17H,7-8,11,13-14,25H2,1-6H3/t15-,17-/m0/s1. The molecule has 12 nitrogen and oxygen atoms in total. The van der Waals surface area contributed by atoms with Crippen LogP contribution in [0, 0.1) is 5.41 Å². The second-order valence-corrected chi connectivity index (χ2v) is 8.82.